The fraction of sp³-hybridized carbons (Fsp3) is 0.600. The Morgan fingerprint density at radius 2 is 1.47 bits per heavy atom. The number of hydrogen-bond acceptors (Lipinski definition) is 6. The minimum Gasteiger partial charge on any atom is -0.481 e. The average molecular weight is 278 g/mol. The highest BCUT2D eigenvalue weighted by molar-refractivity contribution is 5.89. The van der Waals surface area contributed by atoms with Crippen molar-refractivity contribution in [2.75, 3.05) is 6.61 Å². The van der Waals surface area contributed by atoms with Crippen molar-refractivity contribution in [1.29, 1.82) is 0 Å². The number of ketones is 1. The number of carbonyl (C=O) groups excluding carboxylic acids is 1. The Kier molecular flexibility index (Phi) is 6.09. The van der Waals surface area contributed by atoms with Gasteiger partial charge in [0.2, 0.25) is 0 Å². The molecule has 0 radical (unpaired) electrons. The van der Waals surface area contributed by atoms with Crippen LogP contribution in [-0.2, 0) is 23.9 Å². The first-order valence-electron chi connectivity index (χ1n) is 5.10. The van der Waals surface area contributed by atoms with E-state index in [1.165, 1.54) is 0 Å². The van der Waals surface area contributed by atoms with Crippen LogP contribution in [0.2, 0.25) is 0 Å². The first kappa shape index (κ1) is 17.0. The molecule has 0 aromatic carbocycles. The molecule has 0 aromatic heterocycles. The number of hydrogen-bond donors (Lipinski definition) is 4. The van der Waals surface area contributed by atoms with Gasteiger partial charge in [-0.15, -0.1) is 0 Å². The summed E-state index contributed by atoms with van der Waals surface area (Å²) < 4.78 is 4.77. The standard InChI is InChI=1S/C10H14O9/c1-5(12)6(4-11)19-10(9(17)18,2-7(13)14)3-8(15)16/h6,11H,2-4H2,1H3,(H,13,14)(H,15,16)(H,17,18). The predicted octanol–water partition coefficient (Wildman–Crippen LogP) is -1.27. The van der Waals surface area contributed by atoms with Gasteiger partial charge in [-0.2, -0.15) is 0 Å². The van der Waals surface area contributed by atoms with Crippen LogP contribution in [-0.4, -0.2) is 62.4 Å². The van der Waals surface area contributed by atoms with Gasteiger partial charge in [0, 0.05) is 0 Å². The number of aliphatic carboxylic acids is 3. The fourth-order valence-corrected chi connectivity index (χ4v) is 1.36. The van der Waals surface area contributed by atoms with Crippen LogP contribution in [0.4, 0.5) is 0 Å². The monoisotopic (exact) mass is 278 g/mol. The summed E-state index contributed by atoms with van der Waals surface area (Å²) in [6, 6.07) is 0. The van der Waals surface area contributed by atoms with Gasteiger partial charge in [0.15, 0.2) is 11.4 Å². The van der Waals surface area contributed by atoms with Crippen molar-refractivity contribution < 1.29 is 44.3 Å². The Morgan fingerprint density at radius 1 is 1.05 bits per heavy atom. The van der Waals surface area contributed by atoms with Crippen LogP contribution in [0.3, 0.4) is 0 Å². The second-order valence-corrected chi connectivity index (χ2v) is 3.84. The van der Waals surface area contributed by atoms with Crippen LogP contribution in [0.5, 0.6) is 0 Å². The van der Waals surface area contributed by atoms with Gasteiger partial charge < -0.3 is 25.2 Å². The largest absolute Gasteiger partial charge is 0.481 e. The molecule has 0 aliphatic carbocycles. The highest BCUT2D eigenvalue weighted by Crippen LogP contribution is 2.24. The maximum absolute atomic E-state index is 11.1. The molecule has 9 nitrogen and oxygen atoms in total. The number of Topliss-reactive ketones (excluding diaryl/α,β-unsaturated/α-hetero) is 1. The summed E-state index contributed by atoms with van der Waals surface area (Å²) >= 11 is 0. The third-order valence-electron chi connectivity index (χ3n) is 2.25. The van der Waals surface area contributed by atoms with Gasteiger partial charge in [0.05, 0.1) is 19.4 Å². The van der Waals surface area contributed by atoms with E-state index in [0.717, 1.165) is 6.92 Å². The van der Waals surface area contributed by atoms with Gasteiger partial charge in [-0.3, -0.25) is 14.4 Å². The molecular weight excluding hydrogens is 264 g/mol. The zero-order valence-corrected chi connectivity index (χ0v) is 10.0. The third kappa shape index (κ3) is 5.02. The highest BCUT2D eigenvalue weighted by Gasteiger charge is 2.46. The maximum atomic E-state index is 11.1. The summed E-state index contributed by atoms with van der Waals surface area (Å²) in [7, 11) is 0. The van der Waals surface area contributed by atoms with Gasteiger partial charge in [-0.1, -0.05) is 0 Å². The molecule has 1 unspecified atom stereocenters. The second kappa shape index (κ2) is 6.81. The van der Waals surface area contributed by atoms with Crippen LogP contribution in [0.1, 0.15) is 19.8 Å². The van der Waals surface area contributed by atoms with Gasteiger partial charge >= 0.3 is 17.9 Å². The van der Waals surface area contributed by atoms with E-state index in [1.54, 1.807) is 0 Å². The molecule has 19 heavy (non-hydrogen) atoms. The molecule has 1 atom stereocenters. The Morgan fingerprint density at radius 3 is 1.68 bits per heavy atom. The van der Waals surface area contributed by atoms with Crippen LogP contribution in [0.25, 0.3) is 0 Å². The average Bonchev–Trinajstić information content (AvgIpc) is 2.22. The number of aliphatic hydroxyl groups is 1. The number of carboxylic acid groups (broad SMARTS) is 3. The van der Waals surface area contributed by atoms with Gasteiger partial charge in [-0.05, 0) is 6.92 Å². The normalized spacial score (nSPS) is 12.7. The van der Waals surface area contributed by atoms with Gasteiger partial charge in [-0.25, -0.2) is 4.79 Å². The Hall–Kier alpha value is -2.00. The van der Waals surface area contributed by atoms with Crippen LogP contribution >= 0.6 is 0 Å². The Bertz CT molecular complexity index is 370. The topological polar surface area (TPSA) is 158 Å². The maximum Gasteiger partial charge on any atom is 0.337 e. The van der Waals surface area contributed by atoms with Crippen molar-refractivity contribution in [2.45, 2.75) is 31.5 Å². The highest BCUT2D eigenvalue weighted by atomic mass is 16.6. The smallest absolute Gasteiger partial charge is 0.337 e. The number of carbonyl (C=O) groups is 4. The van der Waals surface area contributed by atoms with Crippen LogP contribution < -0.4 is 0 Å². The molecule has 0 saturated heterocycles. The molecule has 0 heterocycles. The van der Waals surface area contributed by atoms with E-state index in [2.05, 4.69) is 0 Å². The van der Waals surface area contributed by atoms with Crippen molar-refractivity contribution in [3.8, 4) is 0 Å². The molecule has 0 fully saturated rings. The second-order valence-electron chi connectivity index (χ2n) is 3.84. The predicted molar refractivity (Wildman–Crippen MR) is 57.5 cm³/mol. The summed E-state index contributed by atoms with van der Waals surface area (Å²) in [4.78, 5) is 43.5. The molecule has 0 amide bonds. The van der Waals surface area contributed by atoms with E-state index in [9.17, 15) is 19.2 Å². The summed E-state index contributed by atoms with van der Waals surface area (Å²) in [5.74, 6) is -5.80. The molecule has 0 aromatic rings. The van der Waals surface area contributed by atoms with Gasteiger partial charge in [0.25, 0.3) is 0 Å². The molecule has 0 aliphatic heterocycles. The summed E-state index contributed by atoms with van der Waals surface area (Å²) in [5, 5.41) is 35.2. The summed E-state index contributed by atoms with van der Waals surface area (Å²) in [5.41, 5.74) is -2.61. The van der Waals surface area contributed by atoms with Crippen molar-refractivity contribution in [2.24, 2.45) is 0 Å². The lowest BCUT2D eigenvalue weighted by atomic mass is 9.94. The van der Waals surface area contributed by atoms with Crippen molar-refractivity contribution in [1.82, 2.24) is 0 Å². The minimum absolute atomic E-state index is 0.746. The van der Waals surface area contributed by atoms with Crippen LogP contribution in [0.15, 0.2) is 0 Å². The molecule has 4 N–H and O–H groups in total. The van der Waals surface area contributed by atoms with Crippen molar-refractivity contribution in [3.63, 3.8) is 0 Å². The summed E-state index contributed by atoms with van der Waals surface area (Å²) in [6.07, 6.45) is -3.91. The molecule has 9 heteroatoms. The zero-order chi connectivity index (χ0) is 15.2. The van der Waals surface area contributed by atoms with Crippen molar-refractivity contribution in [3.05, 3.63) is 0 Å². The first-order chi connectivity index (χ1) is 8.64. The number of rotatable bonds is 9. The van der Waals surface area contributed by atoms with E-state index in [1.807, 2.05) is 0 Å². The molecule has 0 aliphatic rings. The molecule has 0 spiro atoms. The van der Waals surface area contributed by atoms with E-state index in [-0.39, 0.29) is 0 Å². The molecular formula is C10H14O9. The lowest BCUT2D eigenvalue weighted by Gasteiger charge is -2.29. The molecule has 0 rings (SSSR count). The molecule has 0 saturated carbocycles. The molecule has 108 valence electrons. The van der Waals surface area contributed by atoms with E-state index >= 15 is 0 Å². The van der Waals surface area contributed by atoms with E-state index in [0.29, 0.717) is 0 Å². The Balaban J connectivity index is 5.42. The first-order valence-corrected chi connectivity index (χ1v) is 5.10. The lowest BCUT2D eigenvalue weighted by molar-refractivity contribution is -0.189. The number of ether oxygens (including phenoxy) is 1. The zero-order valence-electron chi connectivity index (χ0n) is 10.0. The number of carboxylic acids is 3. The van der Waals surface area contributed by atoms with Gasteiger partial charge in [0.1, 0.15) is 6.10 Å². The Labute approximate surface area is 107 Å². The minimum atomic E-state index is -2.61. The quantitative estimate of drug-likeness (QED) is 0.403. The van der Waals surface area contributed by atoms with E-state index < -0.39 is 54.8 Å². The van der Waals surface area contributed by atoms with Crippen molar-refractivity contribution >= 4 is 23.7 Å². The summed E-state index contributed by atoms with van der Waals surface area (Å²) in [6.45, 7) is 0.110. The SMILES string of the molecule is CC(=O)C(CO)OC(CC(=O)O)(CC(=O)O)C(=O)O. The van der Waals surface area contributed by atoms with E-state index in [4.69, 9.17) is 25.2 Å². The lowest BCUT2D eigenvalue weighted by Crippen LogP contribution is -2.50. The fourth-order valence-electron chi connectivity index (χ4n) is 1.36. The van der Waals surface area contributed by atoms with Crippen LogP contribution in [0, 0.1) is 0 Å². The third-order valence-corrected chi connectivity index (χ3v) is 2.25. The number of aliphatic hydroxyl groups excluding tert-OH is 1. The molecule has 0 bridgehead atoms.